The minimum Gasteiger partial charge on any atom is -0.339 e. The predicted molar refractivity (Wildman–Crippen MR) is 132 cm³/mol. The first-order valence-electron chi connectivity index (χ1n) is 12.2. The summed E-state index contributed by atoms with van der Waals surface area (Å²) in [4.78, 5) is 19.9. The number of hydrogen-bond donors (Lipinski definition) is 0. The van der Waals surface area contributed by atoms with Gasteiger partial charge in [-0.25, -0.2) is 0 Å². The Labute approximate surface area is 193 Å². The first-order chi connectivity index (χ1) is 15.6. The molecule has 0 spiro atoms. The fourth-order valence-electron chi connectivity index (χ4n) is 5.59. The topological polar surface area (TPSA) is 26.8 Å². The number of hydrogen-bond acceptors (Lipinski definition) is 3. The molecule has 170 valence electrons. The normalized spacial score (nSPS) is 23.6. The van der Waals surface area contributed by atoms with Crippen LogP contribution < -0.4 is 0 Å². The highest BCUT2D eigenvalue weighted by Gasteiger charge is 2.41. The van der Waals surface area contributed by atoms with Gasteiger partial charge in [-0.3, -0.25) is 14.6 Å². The smallest absolute Gasteiger partial charge is 0.253 e. The molecule has 3 aliphatic heterocycles. The van der Waals surface area contributed by atoms with E-state index in [0.29, 0.717) is 18.0 Å². The van der Waals surface area contributed by atoms with Crippen molar-refractivity contribution in [2.45, 2.75) is 51.2 Å². The molecule has 4 heteroatoms. The van der Waals surface area contributed by atoms with E-state index in [0.717, 1.165) is 44.8 Å². The molecule has 2 aromatic carbocycles. The van der Waals surface area contributed by atoms with Crippen molar-refractivity contribution in [1.29, 1.82) is 0 Å². The number of fused-ring (bicyclic) bond motifs is 4. The van der Waals surface area contributed by atoms with E-state index in [-0.39, 0.29) is 5.91 Å². The van der Waals surface area contributed by atoms with Crippen LogP contribution in [0, 0.1) is 0 Å². The van der Waals surface area contributed by atoms with Crippen LogP contribution in [-0.4, -0.2) is 65.4 Å². The van der Waals surface area contributed by atoms with Gasteiger partial charge in [0.1, 0.15) is 0 Å². The monoisotopic (exact) mass is 431 g/mol. The molecule has 5 rings (SSSR count). The first-order valence-corrected chi connectivity index (χ1v) is 12.2. The van der Waals surface area contributed by atoms with Gasteiger partial charge in [-0.05, 0) is 49.9 Å². The molecule has 3 saturated heterocycles. The Hall–Kier alpha value is -2.43. The van der Waals surface area contributed by atoms with E-state index in [9.17, 15) is 4.79 Å². The molecule has 3 aliphatic rings. The largest absolute Gasteiger partial charge is 0.339 e. The second-order valence-corrected chi connectivity index (χ2v) is 9.16. The van der Waals surface area contributed by atoms with Crippen LogP contribution in [0.1, 0.15) is 54.1 Å². The van der Waals surface area contributed by atoms with Gasteiger partial charge in [-0.2, -0.15) is 0 Å². The van der Waals surface area contributed by atoms with Gasteiger partial charge < -0.3 is 4.90 Å². The van der Waals surface area contributed by atoms with E-state index < -0.39 is 0 Å². The molecule has 32 heavy (non-hydrogen) atoms. The average Bonchev–Trinajstić information content (AvgIpc) is 3.11. The summed E-state index contributed by atoms with van der Waals surface area (Å²) < 4.78 is 0. The maximum atomic E-state index is 12.7. The van der Waals surface area contributed by atoms with E-state index in [4.69, 9.17) is 0 Å². The standard InChI is InChI=1S/C28H37N3O/c1-4-18-30-21-27-26(23-10-8-7-9-11-23)17-16-25(30)20-31(27)19-22-12-14-24(15-13-22)28(32)29(5-2)6-3/h4,7-15,25-27H,1,5-6,16-21H2,2-3H3/t25-,26+,27+/m0/s1. The van der Waals surface area contributed by atoms with Crippen molar-refractivity contribution >= 4 is 5.91 Å². The molecule has 4 nitrogen and oxygen atoms in total. The van der Waals surface area contributed by atoms with Crippen LogP contribution in [0.15, 0.2) is 67.3 Å². The maximum absolute atomic E-state index is 12.7. The van der Waals surface area contributed by atoms with Gasteiger partial charge >= 0.3 is 0 Å². The number of benzene rings is 2. The highest BCUT2D eigenvalue weighted by atomic mass is 16.2. The van der Waals surface area contributed by atoms with E-state index in [1.165, 1.54) is 24.0 Å². The molecule has 3 heterocycles. The van der Waals surface area contributed by atoms with Crippen LogP contribution in [-0.2, 0) is 6.54 Å². The quantitative estimate of drug-likeness (QED) is 0.563. The third-order valence-corrected chi connectivity index (χ3v) is 7.36. The minimum absolute atomic E-state index is 0.125. The van der Waals surface area contributed by atoms with Crippen LogP contribution in [0.25, 0.3) is 0 Å². The third kappa shape index (κ3) is 4.82. The summed E-state index contributed by atoms with van der Waals surface area (Å²) in [7, 11) is 0. The number of amides is 1. The molecule has 1 amide bonds. The van der Waals surface area contributed by atoms with Gasteiger partial charge in [0.25, 0.3) is 5.91 Å². The molecule has 2 aromatic rings. The summed E-state index contributed by atoms with van der Waals surface area (Å²) in [6, 6.07) is 20.4. The minimum atomic E-state index is 0.125. The van der Waals surface area contributed by atoms with Crippen LogP contribution in [0.5, 0.6) is 0 Å². The fraction of sp³-hybridized carbons (Fsp3) is 0.464. The molecule has 3 fully saturated rings. The van der Waals surface area contributed by atoms with Crippen molar-refractivity contribution in [2.24, 2.45) is 0 Å². The van der Waals surface area contributed by atoms with Gasteiger partial charge in [-0.1, -0.05) is 48.5 Å². The van der Waals surface area contributed by atoms with Gasteiger partial charge in [0, 0.05) is 62.8 Å². The summed E-state index contributed by atoms with van der Waals surface area (Å²) >= 11 is 0. The van der Waals surface area contributed by atoms with Crippen molar-refractivity contribution in [3.8, 4) is 0 Å². The summed E-state index contributed by atoms with van der Waals surface area (Å²) in [5.74, 6) is 0.680. The fourth-order valence-corrected chi connectivity index (χ4v) is 5.59. The number of carbonyl (C=O) groups is 1. The molecule has 0 aromatic heterocycles. The maximum Gasteiger partial charge on any atom is 0.253 e. The van der Waals surface area contributed by atoms with E-state index in [1.54, 1.807) is 0 Å². The summed E-state index contributed by atoms with van der Waals surface area (Å²) in [5, 5.41) is 0. The van der Waals surface area contributed by atoms with Gasteiger partial charge in [-0.15, -0.1) is 6.58 Å². The molecule has 3 atom stereocenters. The lowest BCUT2D eigenvalue weighted by Crippen LogP contribution is -2.57. The molecule has 0 saturated carbocycles. The lowest BCUT2D eigenvalue weighted by molar-refractivity contribution is 0.0392. The zero-order valence-corrected chi connectivity index (χ0v) is 19.6. The number of piperazine rings is 1. The Morgan fingerprint density at radius 1 is 1.00 bits per heavy atom. The number of carbonyl (C=O) groups excluding carboxylic acids is 1. The van der Waals surface area contributed by atoms with Gasteiger partial charge in [0.05, 0.1) is 0 Å². The van der Waals surface area contributed by atoms with Gasteiger partial charge in [0.2, 0.25) is 0 Å². The van der Waals surface area contributed by atoms with Crippen molar-refractivity contribution in [2.75, 3.05) is 32.7 Å². The SMILES string of the molecule is C=CCN1C[C@@H]2[C@@H](c3ccccc3)CC[C@H]1CN2Cc1ccc(C(=O)N(CC)CC)cc1. The molecule has 0 N–H and O–H groups in total. The molecule has 0 radical (unpaired) electrons. The van der Waals surface area contributed by atoms with Crippen molar-refractivity contribution in [3.63, 3.8) is 0 Å². The second-order valence-electron chi connectivity index (χ2n) is 9.16. The Morgan fingerprint density at radius 2 is 1.72 bits per heavy atom. The zero-order chi connectivity index (χ0) is 22.5. The highest BCUT2D eigenvalue weighted by molar-refractivity contribution is 5.94. The van der Waals surface area contributed by atoms with E-state index >= 15 is 0 Å². The molecular formula is C28H37N3O. The summed E-state index contributed by atoms with van der Waals surface area (Å²) in [6.07, 6.45) is 4.52. The molecule has 2 bridgehead atoms. The number of rotatable bonds is 8. The van der Waals surface area contributed by atoms with Crippen LogP contribution >= 0.6 is 0 Å². The Morgan fingerprint density at radius 3 is 2.38 bits per heavy atom. The van der Waals surface area contributed by atoms with E-state index in [2.05, 4.69) is 58.8 Å². The number of nitrogens with zero attached hydrogens (tertiary/aromatic N) is 3. The summed E-state index contributed by atoms with van der Waals surface area (Å²) in [5.41, 5.74) is 3.54. The second kappa shape index (κ2) is 10.5. The van der Waals surface area contributed by atoms with Crippen molar-refractivity contribution < 1.29 is 4.79 Å². The Bertz CT molecular complexity index is 891. The van der Waals surface area contributed by atoms with Gasteiger partial charge in [0.15, 0.2) is 0 Å². The van der Waals surface area contributed by atoms with Crippen molar-refractivity contribution in [1.82, 2.24) is 14.7 Å². The lowest BCUT2D eigenvalue weighted by atomic mass is 9.88. The van der Waals surface area contributed by atoms with E-state index in [1.807, 2.05) is 37.0 Å². The molecule has 0 unspecified atom stereocenters. The van der Waals surface area contributed by atoms with Crippen LogP contribution in [0.3, 0.4) is 0 Å². The molecular weight excluding hydrogens is 394 g/mol. The van der Waals surface area contributed by atoms with Crippen molar-refractivity contribution in [3.05, 3.63) is 83.9 Å². The average molecular weight is 432 g/mol. The Kier molecular flexibility index (Phi) is 7.44. The molecule has 0 aliphatic carbocycles. The predicted octanol–water partition coefficient (Wildman–Crippen LogP) is 4.79. The zero-order valence-electron chi connectivity index (χ0n) is 19.6. The van der Waals surface area contributed by atoms with Crippen LogP contribution in [0.4, 0.5) is 0 Å². The third-order valence-electron chi connectivity index (χ3n) is 7.36. The summed E-state index contributed by atoms with van der Waals surface area (Å²) in [6.45, 7) is 13.6. The highest BCUT2D eigenvalue weighted by Crippen LogP contribution is 2.38. The Balaban J connectivity index is 1.53. The van der Waals surface area contributed by atoms with Crippen LogP contribution in [0.2, 0.25) is 0 Å². The lowest BCUT2D eigenvalue weighted by Gasteiger charge is -2.45. The first kappa shape index (κ1) is 22.8.